The molecule has 1 aromatic rings. The number of hydrogen-bond acceptors (Lipinski definition) is 3. The topological polar surface area (TPSA) is 57.5 Å². The SMILES string of the molecule is O=C(O)c1c(O)cccc1S. The normalized spacial score (nSPS) is 9.55. The van der Waals surface area contributed by atoms with Gasteiger partial charge in [-0.3, -0.25) is 0 Å². The van der Waals surface area contributed by atoms with E-state index in [0.717, 1.165) is 0 Å². The minimum Gasteiger partial charge on any atom is -0.507 e. The molecule has 2 N–H and O–H groups in total. The summed E-state index contributed by atoms with van der Waals surface area (Å²) < 4.78 is 0. The molecule has 0 saturated carbocycles. The number of benzene rings is 1. The molecule has 0 fully saturated rings. The third-order valence-electron chi connectivity index (χ3n) is 1.23. The van der Waals surface area contributed by atoms with Crippen molar-refractivity contribution in [2.45, 2.75) is 4.90 Å². The molecule has 0 aliphatic rings. The third kappa shape index (κ3) is 1.46. The largest absolute Gasteiger partial charge is 0.507 e. The van der Waals surface area contributed by atoms with Gasteiger partial charge in [0.2, 0.25) is 0 Å². The van der Waals surface area contributed by atoms with E-state index in [1.54, 1.807) is 0 Å². The van der Waals surface area contributed by atoms with E-state index in [1.165, 1.54) is 18.2 Å². The fraction of sp³-hybridized carbons (Fsp3) is 0. The highest BCUT2D eigenvalue weighted by Crippen LogP contribution is 2.23. The van der Waals surface area contributed by atoms with Crippen LogP contribution in [0.4, 0.5) is 0 Å². The van der Waals surface area contributed by atoms with Crippen molar-refractivity contribution < 1.29 is 15.0 Å². The molecular formula is C7H6O3S. The Balaban J connectivity index is 3.32. The molecule has 58 valence electrons. The van der Waals surface area contributed by atoms with E-state index in [4.69, 9.17) is 10.2 Å². The van der Waals surface area contributed by atoms with E-state index < -0.39 is 5.97 Å². The zero-order chi connectivity index (χ0) is 8.43. The first-order valence-electron chi connectivity index (χ1n) is 2.87. The van der Waals surface area contributed by atoms with Crippen LogP contribution in [-0.4, -0.2) is 16.2 Å². The Hall–Kier alpha value is -1.16. The minimum atomic E-state index is -1.17. The van der Waals surface area contributed by atoms with Gasteiger partial charge in [-0.15, -0.1) is 12.6 Å². The molecular weight excluding hydrogens is 164 g/mol. The Bertz CT molecular complexity index is 275. The molecule has 0 heterocycles. The number of thiol groups is 1. The standard InChI is InChI=1S/C7H6O3S/c8-4-2-1-3-5(11)6(4)7(9)10/h1-3,8,11H,(H,9,10). The second kappa shape index (κ2) is 2.84. The molecule has 1 aromatic carbocycles. The summed E-state index contributed by atoms with van der Waals surface area (Å²) in [5.41, 5.74) is -0.157. The number of rotatable bonds is 1. The van der Waals surface area contributed by atoms with Gasteiger partial charge in [-0.25, -0.2) is 4.79 Å². The molecule has 0 radical (unpaired) electrons. The lowest BCUT2D eigenvalue weighted by atomic mass is 10.2. The molecule has 0 atom stereocenters. The molecule has 0 bridgehead atoms. The summed E-state index contributed by atoms with van der Waals surface area (Å²) in [5, 5.41) is 17.6. The number of hydrogen-bond donors (Lipinski definition) is 3. The van der Waals surface area contributed by atoms with E-state index in [0.29, 0.717) is 0 Å². The van der Waals surface area contributed by atoms with Crippen molar-refractivity contribution >= 4 is 18.6 Å². The van der Waals surface area contributed by atoms with Gasteiger partial charge in [0.1, 0.15) is 11.3 Å². The summed E-state index contributed by atoms with van der Waals surface area (Å²) in [6.45, 7) is 0. The van der Waals surface area contributed by atoms with Gasteiger partial charge in [-0.2, -0.15) is 0 Å². The van der Waals surface area contributed by atoms with Gasteiger partial charge in [0.15, 0.2) is 0 Å². The van der Waals surface area contributed by atoms with Crippen LogP contribution >= 0.6 is 12.6 Å². The van der Waals surface area contributed by atoms with Crippen LogP contribution in [0.1, 0.15) is 10.4 Å². The average molecular weight is 170 g/mol. The lowest BCUT2D eigenvalue weighted by Gasteiger charge is -2.00. The Kier molecular flexibility index (Phi) is 2.05. The van der Waals surface area contributed by atoms with Crippen molar-refractivity contribution in [2.75, 3.05) is 0 Å². The third-order valence-corrected chi connectivity index (χ3v) is 1.61. The van der Waals surface area contributed by atoms with Crippen LogP contribution < -0.4 is 0 Å². The quantitative estimate of drug-likeness (QED) is 0.558. The molecule has 0 spiro atoms. The van der Waals surface area contributed by atoms with Crippen LogP contribution in [0.3, 0.4) is 0 Å². The molecule has 0 aliphatic heterocycles. The predicted molar refractivity (Wildman–Crippen MR) is 42.3 cm³/mol. The van der Waals surface area contributed by atoms with Crippen molar-refractivity contribution in [3.63, 3.8) is 0 Å². The molecule has 0 aromatic heterocycles. The molecule has 3 nitrogen and oxygen atoms in total. The average Bonchev–Trinajstić information content (AvgIpc) is 1.85. The zero-order valence-electron chi connectivity index (χ0n) is 5.48. The molecule has 0 saturated heterocycles. The van der Waals surface area contributed by atoms with Crippen LogP contribution in [0, 0.1) is 0 Å². The van der Waals surface area contributed by atoms with Gasteiger partial charge >= 0.3 is 5.97 Å². The summed E-state index contributed by atoms with van der Waals surface area (Å²) >= 11 is 3.87. The highest BCUT2D eigenvalue weighted by atomic mass is 32.1. The number of carbonyl (C=O) groups is 1. The summed E-state index contributed by atoms with van der Waals surface area (Å²) in [7, 11) is 0. The Morgan fingerprint density at radius 3 is 2.45 bits per heavy atom. The molecule has 0 amide bonds. The smallest absolute Gasteiger partial charge is 0.340 e. The number of phenols is 1. The van der Waals surface area contributed by atoms with Gasteiger partial charge in [-0.1, -0.05) is 6.07 Å². The Morgan fingerprint density at radius 2 is 2.09 bits per heavy atom. The lowest BCUT2D eigenvalue weighted by molar-refractivity contribution is 0.0690. The maximum absolute atomic E-state index is 10.4. The molecule has 0 unspecified atom stereocenters. The summed E-state index contributed by atoms with van der Waals surface area (Å²) in [6.07, 6.45) is 0. The molecule has 11 heavy (non-hydrogen) atoms. The van der Waals surface area contributed by atoms with E-state index in [9.17, 15) is 4.79 Å². The number of aromatic hydroxyl groups is 1. The highest BCUT2D eigenvalue weighted by molar-refractivity contribution is 7.80. The van der Waals surface area contributed by atoms with E-state index in [2.05, 4.69) is 12.6 Å². The van der Waals surface area contributed by atoms with Crippen molar-refractivity contribution in [1.82, 2.24) is 0 Å². The fourth-order valence-corrected chi connectivity index (χ4v) is 1.04. The fourth-order valence-electron chi connectivity index (χ4n) is 0.747. The minimum absolute atomic E-state index is 0.157. The van der Waals surface area contributed by atoms with Gasteiger partial charge in [0, 0.05) is 4.90 Å². The second-order valence-electron chi connectivity index (χ2n) is 1.98. The monoisotopic (exact) mass is 170 g/mol. The summed E-state index contributed by atoms with van der Waals surface area (Å²) in [6, 6.07) is 4.35. The van der Waals surface area contributed by atoms with Gasteiger partial charge < -0.3 is 10.2 Å². The maximum atomic E-state index is 10.4. The highest BCUT2D eigenvalue weighted by Gasteiger charge is 2.11. The first kappa shape index (κ1) is 7.94. The van der Waals surface area contributed by atoms with Gasteiger partial charge in [0.05, 0.1) is 0 Å². The molecule has 4 heteroatoms. The van der Waals surface area contributed by atoms with Crippen LogP contribution in [0.5, 0.6) is 5.75 Å². The predicted octanol–water partition coefficient (Wildman–Crippen LogP) is 1.38. The van der Waals surface area contributed by atoms with Crippen molar-refractivity contribution in [2.24, 2.45) is 0 Å². The number of carboxylic acid groups (broad SMARTS) is 1. The van der Waals surface area contributed by atoms with Crippen LogP contribution in [-0.2, 0) is 0 Å². The first-order chi connectivity index (χ1) is 5.13. The maximum Gasteiger partial charge on any atom is 0.340 e. The summed E-state index contributed by atoms with van der Waals surface area (Å²) in [5.74, 6) is -1.43. The molecule has 1 rings (SSSR count). The first-order valence-corrected chi connectivity index (χ1v) is 3.32. The second-order valence-corrected chi connectivity index (χ2v) is 2.46. The summed E-state index contributed by atoms with van der Waals surface area (Å²) in [4.78, 5) is 10.7. The van der Waals surface area contributed by atoms with E-state index in [-0.39, 0.29) is 16.2 Å². The molecule has 0 aliphatic carbocycles. The number of aromatic carboxylic acids is 1. The lowest BCUT2D eigenvalue weighted by Crippen LogP contribution is -1.97. The van der Waals surface area contributed by atoms with Crippen molar-refractivity contribution in [3.05, 3.63) is 23.8 Å². The van der Waals surface area contributed by atoms with Crippen LogP contribution in [0.25, 0.3) is 0 Å². The Labute approximate surface area is 68.7 Å². The Morgan fingerprint density at radius 1 is 1.45 bits per heavy atom. The van der Waals surface area contributed by atoms with Crippen LogP contribution in [0.2, 0.25) is 0 Å². The van der Waals surface area contributed by atoms with Crippen molar-refractivity contribution in [1.29, 1.82) is 0 Å². The van der Waals surface area contributed by atoms with Crippen molar-refractivity contribution in [3.8, 4) is 5.75 Å². The number of carboxylic acids is 1. The van der Waals surface area contributed by atoms with E-state index in [1.807, 2.05) is 0 Å². The van der Waals surface area contributed by atoms with Gasteiger partial charge in [-0.05, 0) is 12.1 Å². The van der Waals surface area contributed by atoms with Crippen LogP contribution in [0.15, 0.2) is 23.1 Å². The van der Waals surface area contributed by atoms with E-state index >= 15 is 0 Å². The van der Waals surface area contributed by atoms with Gasteiger partial charge in [0.25, 0.3) is 0 Å². The zero-order valence-corrected chi connectivity index (χ0v) is 6.38.